The second-order valence-corrected chi connectivity index (χ2v) is 6.21. The summed E-state index contributed by atoms with van der Waals surface area (Å²) in [6.07, 6.45) is 2.05. The van der Waals surface area contributed by atoms with Gasteiger partial charge in [-0.2, -0.15) is 0 Å². The van der Waals surface area contributed by atoms with Crippen LogP contribution in [0.5, 0.6) is 5.75 Å². The van der Waals surface area contributed by atoms with Crippen LogP contribution in [0.3, 0.4) is 0 Å². The minimum atomic E-state index is -0.626. The number of hydrogen-bond acceptors (Lipinski definition) is 6. The number of ketones is 1. The third-order valence-electron chi connectivity index (χ3n) is 3.34. The number of phenolic OH excluding ortho intramolecular Hbond substituents is 1. The molecule has 140 valence electrons. The molecule has 6 nitrogen and oxygen atoms in total. The third-order valence-corrected chi connectivity index (χ3v) is 3.34. The summed E-state index contributed by atoms with van der Waals surface area (Å²) in [5.41, 5.74) is 2.08. The molecule has 0 aliphatic carbocycles. The molecule has 0 aliphatic heterocycles. The van der Waals surface area contributed by atoms with Gasteiger partial charge in [-0.15, -0.1) is 0 Å². The lowest BCUT2D eigenvalue weighted by molar-refractivity contribution is -0.143. The molecule has 0 saturated heterocycles. The van der Waals surface area contributed by atoms with Gasteiger partial charge in [0.25, 0.3) is 0 Å². The van der Waals surface area contributed by atoms with Crippen LogP contribution in [0.2, 0.25) is 0 Å². The van der Waals surface area contributed by atoms with E-state index in [1.807, 2.05) is 0 Å². The van der Waals surface area contributed by atoms with Crippen LogP contribution in [0.25, 0.3) is 0 Å². The largest absolute Gasteiger partial charge is 0.507 e. The summed E-state index contributed by atoms with van der Waals surface area (Å²) < 4.78 is 10.1. The first-order chi connectivity index (χ1) is 12.1. The van der Waals surface area contributed by atoms with E-state index in [9.17, 15) is 19.5 Å². The molecular formula is C20H24O6. The van der Waals surface area contributed by atoms with Crippen molar-refractivity contribution < 1.29 is 29.0 Å². The zero-order valence-electron chi connectivity index (χ0n) is 15.7. The molecule has 26 heavy (non-hydrogen) atoms. The normalized spacial score (nSPS) is 12.1. The van der Waals surface area contributed by atoms with Crippen LogP contribution in [0.4, 0.5) is 0 Å². The number of esters is 2. The zero-order chi connectivity index (χ0) is 19.9. The predicted molar refractivity (Wildman–Crippen MR) is 96.8 cm³/mol. The topological polar surface area (TPSA) is 89.9 Å². The smallest absolute Gasteiger partial charge is 0.331 e. The van der Waals surface area contributed by atoms with Crippen LogP contribution >= 0.6 is 0 Å². The first kappa shape index (κ1) is 21.2. The van der Waals surface area contributed by atoms with Crippen LogP contribution in [0, 0.1) is 0 Å². The zero-order valence-corrected chi connectivity index (χ0v) is 15.7. The minimum Gasteiger partial charge on any atom is -0.507 e. The van der Waals surface area contributed by atoms with E-state index in [0.717, 1.165) is 5.57 Å². The van der Waals surface area contributed by atoms with Crippen molar-refractivity contribution in [3.63, 3.8) is 0 Å². The summed E-state index contributed by atoms with van der Waals surface area (Å²) in [5, 5.41) is 9.90. The van der Waals surface area contributed by atoms with E-state index >= 15 is 0 Å². The summed E-state index contributed by atoms with van der Waals surface area (Å²) in [4.78, 5) is 34.9. The van der Waals surface area contributed by atoms with Crippen molar-refractivity contribution in [3.05, 3.63) is 52.6 Å². The monoisotopic (exact) mass is 360 g/mol. The van der Waals surface area contributed by atoms with Gasteiger partial charge in [0.2, 0.25) is 0 Å². The number of phenols is 1. The van der Waals surface area contributed by atoms with Crippen LogP contribution in [0.15, 0.2) is 41.5 Å². The summed E-state index contributed by atoms with van der Waals surface area (Å²) >= 11 is 0. The molecule has 0 spiro atoms. The molecule has 1 N–H and O–H groups in total. The Morgan fingerprint density at radius 1 is 1.12 bits per heavy atom. The van der Waals surface area contributed by atoms with Gasteiger partial charge >= 0.3 is 11.9 Å². The van der Waals surface area contributed by atoms with E-state index in [1.165, 1.54) is 31.2 Å². The lowest BCUT2D eigenvalue weighted by Crippen LogP contribution is -2.09. The number of carbonyl (C=O) groups is 3. The summed E-state index contributed by atoms with van der Waals surface area (Å²) in [7, 11) is 0. The Hall–Kier alpha value is -2.89. The van der Waals surface area contributed by atoms with Crippen LogP contribution in [0.1, 0.15) is 56.6 Å². The van der Waals surface area contributed by atoms with Crippen LogP contribution < -0.4 is 0 Å². The van der Waals surface area contributed by atoms with E-state index in [2.05, 4.69) is 0 Å². The van der Waals surface area contributed by atoms with Crippen molar-refractivity contribution >= 4 is 17.7 Å². The highest BCUT2D eigenvalue weighted by atomic mass is 16.5. The van der Waals surface area contributed by atoms with Crippen molar-refractivity contribution in [2.24, 2.45) is 0 Å². The third kappa shape index (κ3) is 6.93. The van der Waals surface area contributed by atoms with E-state index in [0.29, 0.717) is 11.1 Å². The number of aromatic hydroxyl groups is 1. The number of ether oxygens (including phenoxy) is 2. The summed E-state index contributed by atoms with van der Waals surface area (Å²) in [6, 6.07) is 4.49. The molecule has 1 rings (SSSR count). The molecule has 1 aromatic carbocycles. The van der Waals surface area contributed by atoms with E-state index in [4.69, 9.17) is 9.47 Å². The number of allylic oxidation sites excluding steroid dienone is 2. The lowest BCUT2D eigenvalue weighted by Gasteiger charge is -2.14. The van der Waals surface area contributed by atoms with Gasteiger partial charge in [0.1, 0.15) is 18.5 Å². The highest BCUT2D eigenvalue weighted by Gasteiger charge is 2.15. The Balaban J connectivity index is 2.87. The van der Waals surface area contributed by atoms with Gasteiger partial charge in [0.15, 0.2) is 5.78 Å². The molecule has 6 heteroatoms. The number of carbonyl (C=O) groups excluding carboxylic acids is 3. The van der Waals surface area contributed by atoms with Crippen LogP contribution in [-0.4, -0.2) is 29.4 Å². The average Bonchev–Trinajstić information content (AvgIpc) is 2.52. The average molecular weight is 360 g/mol. The molecule has 0 fully saturated rings. The Kier molecular flexibility index (Phi) is 7.77. The molecule has 0 saturated carbocycles. The minimum absolute atomic E-state index is 0.0133. The van der Waals surface area contributed by atoms with E-state index in [1.54, 1.807) is 33.8 Å². The van der Waals surface area contributed by atoms with Gasteiger partial charge in [-0.05, 0) is 57.0 Å². The fourth-order valence-electron chi connectivity index (χ4n) is 2.08. The first-order valence-corrected chi connectivity index (χ1v) is 8.13. The second kappa shape index (κ2) is 9.56. The molecular weight excluding hydrogens is 336 g/mol. The van der Waals surface area contributed by atoms with Crippen molar-refractivity contribution in [1.82, 2.24) is 0 Å². The highest BCUT2D eigenvalue weighted by Crippen LogP contribution is 2.25. The molecule has 0 radical (unpaired) electrons. The second-order valence-electron chi connectivity index (χ2n) is 6.21. The van der Waals surface area contributed by atoms with Gasteiger partial charge in [0, 0.05) is 13.0 Å². The van der Waals surface area contributed by atoms with Crippen LogP contribution in [-0.2, 0) is 19.1 Å². The van der Waals surface area contributed by atoms with E-state index in [-0.39, 0.29) is 23.7 Å². The first-order valence-electron chi connectivity index (χ1n) is 8.13. The fourth-order valence-corrected chi connectivity index (χ4v) is 2.08. The Morgan fingerprint density at radius 3 is 2.35 bits per heavy atom. The Morgan fingerprint density at radius 2 is 1.77 bits per heavy atom. The van der Waals surface area contributed by atoms with Crippen molar-refractivity contribution in [2.75, 3.05) is 6.61 Å². The van der Waals surface area contributed by atoms with Gasteiger partial charge in [-0.1, -0.05) is 11.6 Å². The lowest BCUT2D eigenvalue weighted by atomic mass is 10.0. The number of rotatable bonds is 7. The molecule has 1 aromatic rings. The predicted octanol–water partition coefficient (Wildman–Crippen LogP) is 3.65. The Labute approximate surface area is 153 Å². The molecule has 0 heterocycles. The maximum absolute atomic E-state index is 12.2. The fraction of sp³-hybridized carbons (Fsp3) is 0.350. The van der Waals surface area contributed by atoms with Crippen molar-refractivity contribution in [2.45, 2.75) is 40.7 Å². The molecule has 0 aliphatic rings. The van der Waals surface area contributed by atoms with Crippen molar-refractivity contribution in [3.8, 4) is 5.75 Å². The highest BCUT2D eigenvalue weighted by molar-refractivity contribution is 6.06. The van der Waals surface area contributed by atoms with E-state index < -0.39 is 18.0 Å². The molecule has 0 bridgehead atoms. The number of hydrogen-bond donors (Lipinski definition) is 1. The maximum Gasteiger partial charge on any atom is 0.331 e. The van der Waals surface area contributed by atoms with Crippen molar-refractivity contribution in [1.29, 1.82) is 0 Å². The molecule has 1 unspecified atom stereocenters. The maximum atomic E-state index is 12.2. The van der Waals surface area contributed by atoms with Gasteiger partial charge in [-0.25, -0.2) is 4.79 Å². The van der Waals surface area contributed by atoms with Gasteiger partial charge in [0.05, 0.1) is 5.56 Å². The summed E-state index contributed by atoms with van der Waals surface area (Å²) in [5.74, 6) is -1.48. The summed E-state index contributed by atoms with van der Waals surface area (Å²) in [6.45, 7) is 8.17. The number of benzene rings is 1. The Bertz CT molecular complexity index is 754. The molecule has 1 atom stereocenters. The van der Waals surface area contributed by atoms with Gasteiger partial charge in [-0.3, -0.25) is 9.59 Å². The standard InChI is InChI=1S/C20H24O6/c1-12(2)8-19(23)17-10-16(6-7-18(17)22)14(4)26-20(24)9-13(3)11-25-15(5)21/h6-10,14,22H,11H2,1-5H3/b13-9-. The SMILES string of the molecule is CC(=O)OC/C(C)=C\C(=O)OC(C)c1ccc(O)c(C(=O)C=C(C)C)c1. The quantitative estimate of drug-likeness (QED) is 0.453. The van der Waals surface area contributed by atoms with Gasteiger partial charge < -0.3 is 14.6 Å². The molecule has 0 aromatic heterocycles. The molecule has 0 amide bonds.